The smallest absolute Gasteiger partial charge is 0.356 e. The molecule has 0 aliphatic carbocycles. The Bertz CT molecular complexity index is 2520. The molecular formula is C43H32Cl4N8O3. The zero-order chi connectivity index (χ0) is 41.2. The van der Waals surface area contributed by atoms with E-state index in [0.29, 0.717) is 59.7 Å². The molecule has 7 rings (SSSR count). The minimum absolute atomic E-state index is 0.0305. The maximum atomic E-state index is 13.1. The Balaban J connectivity index is 0.000000200. The maximum absolute atomic E-state index is 13.1. The third-order valence-corrected chi connectivity index (χ3v) is 9.94. The molecule has 15 heteroatoms. The molecule has 1 fully saturated rings. The summed E-state index contributed by atoms with van der Waals surface area (Å²) in [5, 5.41) is 32.0. The summed E-state index contributed by atoms with van der Waals surface area (Å²) >= 11 is 24.0. The van der Waals surface area contributed by atoms with Crippen LogP contribution < -0.4 is 5.43 Å². The lowest BCUT2D eigenvalue weighted by Gasteiger charge is -2.27. The molecule has 1 aliphatic heterocycles. The molecule has 11 nitrogen and oxygen atoms in total. The van der Waals surface area contributed by atoms with Gasteiger partial charge >= 0.3 is 5.97 Å². The molecule has 1 aliphatic rings. The fourth-order valence-corrected chi connectivity index (χ4v) is 6.63. The molecular weight excluding hydrogens is 818 g/mol. The van der Waals surface area contributed by atoms with Crippen LogP contribution in [0.2, 0.25) is 20.1 Å². The van der Waals surface area contributed by atoms with Gasteiger partial charge < -0.3 is 5.11 Å². The number of aromatic nitrogens is 4. The number of hydrazine groups is 1. The number of piperidine rings is 1. The van der Waals surface area contributed by atoms with Gasteiger partial charge in [0.1, 0.15) is 0 Å². The Morgan fingerprint density at radius 3 is 1.22 bits per heavy atom. The van der Waals surface area contributed by atoms with Gasteiger partial charge in [0.2, 0.25) is 0 Å². The van der Waals surface area contributed by atoms with E-state index in [1.54, 1.807) is 72.8 Å². The van der Waals surface area contributed by atoms with Crippen molar-refractivity contribution >= 4 is 58.3 Å². The normalized spacial score (nSPS) is 12.4. The zero-order valence-corrected chi connectivity index (χ0v) is 33.6. The van der Waals surface area contributed by atoms with Gasteiger partial charge in [-0.3, -0.25) is 10.2 Å². The number of hydrogen-bond acceptors (Lipinski definition) is 9. The van der Waals surface area contributed by atoms with Crippen LogP contribution in [0.15, 0.2) is 97.1 Å². The molecule has 1 saturated heterocycles. The molecule has 3 heterocycles. The summed E-state index contributed by atoms with van der Waals surface area (Å²) in [6.45, 7) is 1.58. The molecule has 2 aromatic heterocycles. The highest BCUT2D eigenvalue weighted by Gasteiger charge is 2.24. The van der Waals surface area contributed by atoms with Crippen molar-refractivity contribution in [3.8, 4) is 57.2 Å². The molecule has 0 saturated carbocycles. The first-order chi connectivity index (χ1) is 28.0. The van der Waals surface area contributed by atoms with Gasteiger partial charge in [0, 0.05) is 55.4 Å². The monoisotopic (exact) mass is 848 g/mol. The van der Waals surface area contributed by atoms with Crippen LogP contribution in [0.4, 0.5) is 0 Å². The van der Waals surface area contributed by atoms with Gasteiger partial charge in [0.25, 0.3) is 5.91 Å². The van der Waals surface area contributed by atoms with E-state index in [4.69, 9.17) is 61.6 Å². The van der Waals surface area contributed by atoms with E-state index >= 15 is 0 Å². The number of carboxylic acids is 1. The topological polar surface area (TPSA) is 169 Å². The summed E-state index contributed by atoms with van der Waals surface area (Å²) in [6, 6.07) is 32.3. The van der Waals surface area contributed by atoms with Gasteiger partial charge in [0.05, 0.1) is 59.1 Å². The molecule has 4 aromatic carbocycles. The summed E-state index contributed by atoms with van der Waals surface area (Å²) in [6.07, 6.45) is 3.03. The van der Waals surface area contributed by atoms with Crippen molar-refractivity contribution in [2.45, 2.75) is 32.1 Å². The first kappa shape index (κ1) is 41.7. The van der Waals surface area contributed by atoms with E-state index in [0.717, 1.165) is 43.5 Å². The van der Waals surface area contributed by atoms with Gasteiger partial charge in [-0.15, -0.1) is 0 Å². The number of carboxylic acid groups (broad SMARTS) is 1. The van der Waals surface area contributed by atoms with Crippen molar-refractivity contribution in [3.05, 3.63) is 140 Å². The molecule has 0 bridgehead atoms. The van der Waals surface area contributed by atoms with E-state index in [9.17, 15) is 20.0 Å². The fourth-order valence-electron chi connectivity index (χ4n) is 6.13. The number of nitrogens with one attached hydrogen (secondary N) is 1. The second-order valence-corrected chi connectivity index (χ2v) is 14.7. The van der Waals surface area contributed by atoms with Crippen LogP contribution >= 0.6 is 46.4 Å². The van der Waals surface area contributed by atoms with Crippen molar-refractivity contribution in [2.24, 2.45) is 0 Å². The second kappa shape index (κ2) is 19.5. The van der Waals surface area contributed by atoms with Crippen LogP contribution in [0, 0.1) is 22.7 Å². The summed E-state index contributed by atoms with van der Waals surface area (Å²) < 4.78 is 0. The van der Waals surface area contributed by atoms with E-state index < -0.39 is 5.97 Å². The predicted molar refractivity (Wildman–Crippen MR) is 224 cm³/mol. The third kappa shape index (κ3) is 10.3. The lowest BCUT2D eigenvalue weighted by Crippen LogP contribution is -2.45. The average Bonchev–Trinajstić information content (AvgIpc) is 3.22. The number of aromatic carboxylic acids is 1. The number of carbonyl (C=O) groups excluding carboxylic acids is 1. The predicted octanol–water partition coefficient (Wildman–Crippen LogP) is 10.2. The molecule has 1 amide bonds. The van der Waals surface area contributed by atoms with E-state index in [2.05, 4.69) is 21.5 Å². The minimum atomic E-state index is -1.24. The van der Waals surface area contributed by atoms with Crippen LogP contribution in [0.3, 0.4) is 0 Å². The summed E-state index contributed by atoms with van der Waals surface area (Å²) in [5.74, 6) is -1.59. The number of halogens is 4. The van der Waals surface area contributed by atoms with Crippen molar-refractivity contribution in [1.82, 2.24) is 30.4 Å². The van der Waals surface area contributed by atoms with Gasteiger partial charge in [-0.25, -0.2) is 29.7 Å². The quantitative estimate of drug-likeness (QED) is 0.143. The highest BCUT2D eigenvalue weighted by atomic mass is 35.5. The maximum Gasteiger partial charge on any atom is 0.356 e. The number of nitrogens with zero attached hydrogens (tertiary/aromatic N) is 7. The molecule has 290 valence electrons. The lowest BCUT2D eigenvalue weighted by molar-refractivity contribution is 0.0687. The highest BCUT2D eigenvalue weighted by Crippen LogP contribution is 2.33. The van der Waals surface area contributed by atoms with Crippen LogP contribution in [0.1, 0.15) is 51.6 Å². The van der Waals surface area contributed by atoms with Crippen LogP contribution in [-0.2, 0) is 12.8 Å². The van der Waals surface area contributed by atoms with Crippen LogP contribution in [0.5, 0.6) is 0 Å². The van der Waals surface area contributed by atoms with Crippen LogP contribution in [-0.4, -0.2) is 55.0 Å². The Morgan fingerprint density at radius 1 is 0.552 bits per heavy atom. The first-order valence-electron chi connectivity index (χ1n) is 17.9. The van der Waals surface area contributed by atoms with Crippen molar-refractivity contribution in [2.75, 3.05) is 13.1 Å². The minimum Gasteiger partial charge on any atom is -0.476 e. The second-order valence-electron chi connectivity index (χ2n) is 12.9. The Labute approximate surface area is 354 Å². The lowest BCUT2D eigenvalue weighted by atomic mass is 10.0. The van der Waals surface area contributed by atoms with Crippen molar-refractivity contribution in [1.29, 1.82) is 10.5 Å². The highest BCUT2D eigenvalue weighted by molar-refractivity contribution is 6.31. The summed E-state index contributed by atoms with van der Waals surface area (Å²) in [7, 11) is 0. The van der Waals surface area contributed by atoms with E-state index in [1.807, 2.05) is 35.3 Å². The van der Waals surface area contributed by atoms with Gasteiger partial charge in [0.15, 0.2) is 11.4 Å². The Kier molecular flexibility index (Phi) is 14.0. The molecule has 6 aromatic rings. The number of amides is 1. The van der Waals surface area contributed by atoms with Gasteiger partial charge in [-0.2, -0.15) is 10.5 Å². The molecule has 0 radical (unpaired) electrons. The number of hydrogen-bond donors (Lipinski definition) is 2. The molecule has 0 unspecified atom stereocenters. The summed E-state index contributed by atoms with van der Waals surface area (Å²) in [5.41, 5.74) is 8.20. The molecule has 2 N–H and O–H groups in total. The molecule has 0 spiro atoms. The fraction of sp³-hybridized carbons (Fsp3) is 0.163. The largest absolute Gasteiger partial charge is 0.476 e. The zero-order valence-electron chi connectivity index (χ0n) is 30.6. The Morgan fingerprint density at radius 2 is 0.879 bits per heavy atom. The number of rotatable bonds is 9. The van der Waals surface area contributed by atoms with Crippen LogP contribution in [0.25, 0.3) is 45.0 Å². The SMILES string of the molecule is N#CCc1nc(-c2ccc(Cl)cc2)c(-c2ccc(Cl)cc2)nc1C(=O)NN1CCCCC1.N#CCc1nc(-c2ccc(Cl)cc2)c(-c2ccc(Cl)cc2)nc1C(=O)O. The van der Waals surface area contributed by atoms with Gasteiger partial charge in [-0.05, 0) is 61.4 Å². The van der Waals surface area contributed by atoms with E-state index in [1.165, 1.54) is 0 Å². The third-order valence-electron chi connectivity index (χ3n) is 8.93. The number of carbonyl (C=O) groups is 2. The summed E-state index contributed by atoms with van der Waals surface area (Å²) in [4.78, 5) is 42.9. The van der Waals surface area contributed by atoms with Crippen molar-refractivity contribution < 1.29 is 14.7 Å². The van der Waals surface area contributed by atoms with Gasteiger partial charge in [-0.1, -0.05) is 101 Å². The number of nitriles is 2. The molecule has 0 atom stereocenters. The van der Waals surface area contributed by atoms with E-state index in [-0.39, 0.29) is 35.8 Å². The first-order valence-corrected chi connectivity index (χ1v) is 19.4. The standard InChI is InChI=1S/C24H21Cl2N5O.C19H11Cl2N3O2/c25-18-8-4-16(5-9-18)21-22(17-6-10-19(26)11-7-17)29-23(20(28-21)12-13-27)24(32)30-31-14-2-1-3-15-31;20-13-5-1-11(2-6-13)16-17(12-3-7-14(21)8-4-12)24-18(19(25)26)15(23-16)9-10-22/h4-11H,1-3,12,14-15H2,(H,30,32);1-8H,9H2,(H,25,26). The van der Waals surface area contributed by atoms with Crippen molar-refractivity contribution in [3.63, 3.8) is 0 Å². The Hall–Kier alpha value is -5.92. The molecule has 58 heavy (non-hydrogen) atoms. The number of benzene rings is 4. The average molecular weight is 851 g/mol.